The zero-order valence-electron chi connectivity index (χ0n) is 16.6. The third-order valence-electron chi connectivity index (χ3n) is 5.06. The average Bonchev–Trinajstić information content (AvgIpc) is 3.40. The quantitative estimate of drug-likeness (QED) is 0.654. The topological polar surface area (TPSA) is 88.6 Å². The number of oxime groups is 1. The summed E-state index contributed by atoms with van der Waals surface area (Å²) >= 11 is 0. The maximum absolute atomic E-state index is 14.0. The summed E-state index contributed by atoms with van der Waals surface area (Å²) in [5.74, 6) is 0.0246. The number of halogens is 1. The summed E-state index contributed by atoms with van der Waals surface area (Å²) in [5.41, 5.74) is 2.09. The molecule has 0 saturated heterocycles. The number of nitrogens with zero attached hydrogens (tertiary/aromatic N) is 2. The normalized spacial score (nSPS) is 17.9. The molecule has 7 nitrogen and oxygen atoms in total. The van der Waals surface area contributed by atoms with Gasteiger partial charge in [-0.25, -0.2) is 4.39 Å². The fourth-order valence-electron chi connectivity index (χ4n) is 3.32. The van der Waals surface area contributed by atoms with Crippen LogP contribution in [0.2, 0.25) is 0 Å². The molecule has 0 bridgehead atoms. The Morgan fingerprint density at radius 2 is 2.03 bits per heavy atom. The highest BCUT2D eigenvalue weighted by atomic mass is 19.1. The highest BCUT2D eigenvalue weighted by molar-refractivity contribution is 6.05. The van der Waals surface area contributed by atoms with Gasteiger partial charge in [-0.3, -0.25) is 9.89 Å². The molecular weight excluding hydrogens is 387 g/mol. The lowest BCUT2D eigenvalue weighted by Gasteiger charge is -2.20. The van der Waals surface area contributed by atoms with Gasteiger partial charge in [0.25, 0.3) is 5.91 Å². The van der Waals surface area contributed by atoms with Crippen LogP contribution in [0.4, 0.5) is 4.39 Å². The van der Waals surface area contributed by atoms with Crippen molar-refractivity contribution in [2.75, 3.05) is 7.11 Å². The summed E-state index contributed by atoms with van der Waals surface area (Å²) in [6.07, 6.45) is 1.84. The number of carbonyl (C=O) groups excluding carboxylic acids is 1. The standard InChI is InChI=1S/C22H21FN4O3/c1-22(11-19(27-30-22)17-5-3-4-6-18(17)23)21(28)24-12-15-13-25-26-20(15)14-7-9-16(29-2)10-8-14/h3-10,13H,11-12H2,1-2H3,(H,24,28)(H,25,26)/t22-/m1/s1. The van der Waals surface area contributed by atoms with Crippen LogP contribution in [0.5, 0.6) is 5.75 Å². The molecule has 1 aliphatic heterocycles. The van der Waals surface area contributed by atoms with Crippen LogP contribution in [0.25, 0.3) is 11.3 Å². The van der Waals surface area contributed by atoms with Gasteiger partial charge in [-0.1, -0.05) is 23.4 Å². The van der Waals surface area contributed by atoms with E-state index in [2.05, 4.69) is 20.7 Å². The summed E-state index contributed by atoms with van der Waals surface area (Å²) in [5, 5.41) is 13.9. The minimum absolute atomic E-state index is 0.177. The number of aromatic nitrogens is 2. The molecule has 3 aromatic rings. The van der Waals surface area contributed by atoms with Crippen LogP contribution in [0, 0.1) is 5.82 Å². The van der Waals surface area contributed by atoms with Crippen molar-refractivity contribution in [3.63, 3.8) is 0 Å². The number of benzene rings is 2. The Bertz CT molecular complexity index is 1090. The largest absolute Gasteiger partial charge is 0.497 e. The van der Waals surface area contributed by atoms with Crippen molar-refractivity contribution in [3.05, 3.63) is 71.7 Å². The number of H-pyrrole nitrogens is 1. The molecule has 2 aromatic carbocycles. The van der Waals surface area contributed by atoms with Gasteiger partial charge in [0.1, 0.15) is 11.6 Å². The number of nitrogens with one attached hydrogen (secondary N) is 2. The van der Waals surface area contributed by atoms with E-state index < -0.39 is 11.4 Å². The molecule has 0 saturated carbocycles. The molecule has 2 N–H and O–H groups in total. The summed E-state index contributed by atoms with van der Waals surface area (Å²) in [4.78, 5) is 18.2. The third-order valence-corrected chi connectivity index (χ3v) is 5.06. The molecule has 0 fully saturated rings. The van der Waals surface area contributed by atoms with Gasteiger partial charge in [0.15, 0.2) is 0 Å². The van der Waals surface area contributed by atoms with Crippen molar-refractivity contribution in [2.45, 2.75) is 25.5 Å². The molecule has 8 heteroatoms. The highest BCUT2D eigenvalue weighted by Crippen LogP contribution is 2.28. The molecule has 0 unspecified atom stereocenters. The fourth-order valence-corrected chi connectivity index (χ4v) is 3.32. The van der Waals surface area contributed by atoms with E-state index in [0.717, 1.165) is 22.6 Å². The van der Waals surface area contributed by atoms with Crippen molar-refractivity contribution < 1.29 is 18.8 Å². The van der Waals surface area contributed by atoms with Gasteiger partial charge < -0.3 is 14.9 Å². The molecule has 1 amide bonds. The van der Waals surface area contributed by atoms with Crippen LogP contribution in [0.1, 0.15) is 24.5 Å². The Morgan fingerprint density at radius 3 is 2.77 bits per heavy atom. The van der Waals surface area contributed by atoms with E-state index in [1.807, 2.05) is 24.3 Å². The first-order valence-electron chi connectivity index (χ1n) is 9.45. The molecule has 154 valence electrons. The lowest BCUT2D eigenvalue weighted by atomic mass is 9.94. The fraction of sp³-hybridized carbons (Fsp3) is 0.227. The average molecular weight is 408 g/mol. The number of ether oxygens (including phenoxy) is 1. The number of amides is 1. The number of carbonyl (C=O) groups is 1. The van der Waals surface area contributed by atoms with E-state index in [1.165, 1.54) is 6.07 Å². The second-order valence-corrected chi connectivity index (χ2v) is 7.20. The Hall–Kier alpha value is -3.68. The summed E-state index contributed by atoms with van der Waals surface area (Å²) < 4.78 is 19.2. The molecule has 0 radical (unpaired) electrons. The Labute approximate surface area is 172 Å². The molecule has 1 aromatic heterocycles. The number of hydrogen-bond acceptors (Lipinski definition) is 5. The van der Waals surface area contributed by atoms with Crippen molar-refractivity contribution >= 4 is 11.6 Å². The van der Waals surface area contributed by atoms with E-state index in [9.17, 15) is 9.18 Å². The Kier molecular flexibility index (Phi) is 5.22. The molecule has 0 spiro atoms. The lowest BCUT2D eigenvalue weighted by Crippen LogP contribution is -2.44. The van der Waals surface area contributed by atoms with Crippen molar-refractivity contribution in [3.8, 4) is 17.0 Å². The van der Waals surface area contributed by atoms with E-state index >= 15 is 0 Å². The van der Waals surface area contributed by atoms with Crippen molar-refractivity contribution in [2.24, 2.45) is 5.16 Å². The minimum atomic E-state index is -1.21. The number of aromatic amines is 1. The van der Waals surface area contributed by atoms with E-state index in [1.54, 1.807) is 38.4 Å². The van der Waals surface area contributed by atoms with Crippen molar-refractivity contribution in [1.29, 1.82) is 0 Å². The monoisotopic (exact) mass is 408 g/mol. The maximum Gasteiger partial charge on any atom is 0.267 e. The first-order chi connectivity index (χ1) is 14.5. The van der Waals surface area contributed by atoms with Crippen LogP contribution in [-0.2, 0) is 16.2 Å². The number of methoxy groups -OCH3 is 1. The predicted octanol–water partition coefficient (Wildman–Crippen LogP) is 3.42. The van der Waals surface area contributed by atoms with Gasteiger partial charge in [0, 0.05) is 29.7 Å². The first-order valence-corrected chi connectivity index (χ1v) is 9.45. The second-order valence-electron chi connectivity index (χ2n) is 7.20. The lowest BCUT2D eigenvalue weighted by molar-refractivity contribution is -0.141. The summed E-state index contributed by atoms with van der Waals surface area (Å²) in [6.45, 7) is 1.89. The van der Waals surface area contributed by atoms with Gasteiger partial charge in [-0.05, 0) is 37.3 Å². The summed E-state index contributed by atoms with van der Waals surface area (Å²) in [7, 11) is 1.61. The SMILES string of the molecule is COc1ccc(-c2[nH]ncc2CNC(=O)[C@@]2(C)CC(c3ccccc3F)=NO2)cc1. The van der Waals surface area contributed by atoms with Gasteiger partial charge in [-0.15, -0.1) is 0 Å². The first kappa shape index (κ1) is 19.6. The Balaban J connectivity index is 1.42. The van der Waals surface area contributed by atoms with Gasteiger partial charge in [-0.2, -0.15) is 5.10 Å². The number of rotatable bonds is 6. The molecular formula is C22H21FN4O3. The molecule has 4 rings (SSSR count). The van der Waals surface area contributed by atoms with Crippen LogP contribution >= 0.6 is 0 Å². The Morgan fingerprint density at radius 1 is 1.27 bits per heavy atom. The highest BCUT2D eigenvalue weighted by Gasteiger charge is 2.42. The van der Waals surface area contributed by atoms with Crippen LogP contribution in [0.15, 0.2) is 59.9 Å². The number of hydrogen-bond donors (Lipinski definition) is 2. The van der Waals surface area contributed by atoms with E-state index in [-0.39, 0.29) is 18.9 Å². The smallest absolute Gasteiger partial charge is 0.267 e. The zero-order valence-corrected chi connectivity index (χ0v) is 16.6. The van der Waals surface area contributed by atoms with Gasteiger partial charge >= 0.3 is 0 Å². The molecule has 30 heavy (non-hydrogen) atoms. The van der Waals surface area contributed by atoms with Gasteiger partial charge in [0.2, 0.25) is 5.60 Å². The van der Waals surface area contributed by atoms with Crippen molar-refractivity contribution in [1.82, 2.24) is 15.5 Å². The van der Waals surface area contributed by atoms with Crippen LogP contribution < -0.4 is 10.1 Å². The predicted molar refractivity (Wildman–Crippen MR) is 109 cm³/mol. The molecule has 2 heterocycles. The van der Waals surface area contributed by atoms with E-state index in [0.29, 0.717) is 11.3 Å². The maximum atomic E-state index is 14.0. The second kappa shape index (κ2) is 7.98. The molecule has 1 aliphatic rings. The molecule has 1 atom stereocenters. The van der Waals surface area contributed by atoms with E-state index in [4.69, 9.17) is 9.57 Å². The van der Waals surface area contributed by atoms with Crippen LogP contribution in [-0.4, -0.2) is 34.5 Å². The third kappa shape index (κ3) is 3.76. The van der Waals surface area contributed by atoms with Crippen LogP contribution in [0.3, 0.4) is 0 Å². The molecule has 0 aliphatic carbocycles. The van der Waals surface area contributed by atoms with Gasteiger partial charge in [0.05, 0.1) is 24.7 Å². The minimum Gasteiger partial charge on any atom is -0.497 e. The summed E-state index contributed by atoms with van der Waals surface area (Å²) in [6, 6.07) is 13.8. The zero-order chi connectivity index (χ0) is 21.1.